The number of aliphatic carboxylic acids is 1. The molecule has 32 heavy (non-hydrogen) atoms. The van der Waals surface area contributed by atoms with Crippen molar-refractivity contribution >= 4 is 37.0 Å². The van der Waals surface area contributed by atoms with Crippen molar-refractivity contribution in [3.05, 3.63) is 78.4 Å². The molecule has 1 unspecified atom stereocenters. The Hall–Kier alpha value is -4.07. The van der Waals surface area contributed by atoms with Crippen LogP contribution in [-0.4, -0.2) is 44.1 Å². The van der Waals surface area contributed by atoms with E-state index in [9.17, 15) is 9.59 Å². The van der Waals surface area contributed by atoms with Gasteiger partial charge in [-0.25, -0.2) is 4.79 Å². The Labute approximate surface area is 186 Å². The quantitative estimate of drug-likeness (QED) is 0.438. The van der Waals surface area contributed by atoms with Crippen LogP contribution in [0.2, 0.25) is 0 Å². The van der Waals surface area contributed by atoms with Gasteiger partial charge in [0.1, 0.15) is 25.0 Å². The highest BCUT2D eigenvalue weighted by molar-refractivity contribution is 6.33. The highest BCUT2D eigenvalue weighted by Gasteiger charge is 2.29. The number of hydrogen-bond donors (Lipinski definition) is 1. The summed E-state index contributed by atoms with van der Waals surface area (Å²) in [5.41, 5.74) is 1.97. The van der Waals surface area contributed by atoms with E-state index < -0.39 is 18.5 Å². The molecule has 0 spiro atoms. The molecular weight excluding hydrogens is 407 g/mol. The first-order valence-corrected chi connectivity index (χ1v) is 10.1. The van der Waals surface area contributed by atoms with Gasteiger partial charge in [-0.3, -0.25) is 9.80 Å². The van der Waals surface area contributed by atoms with Crippen molar-refractivity contribution in [1.82, 2.24) is 0 Å². The van der Waals surface area contributed by atoms with Crippen molar-refractivity contribution in [1.29, 1.82) is 0 Å². The Morgan fingerprint density at radius 1 is 1.03 bits per heavy atom. The number of hydrazone groups is 1. The second kappa shape index (κ2) is 9.39. The lowest BCUT2D eigenvalue weighted by Crippen LogP contribution is -2.25. The summed E-state index contributed by atoms with van der Waals surface area (Å²) in [6, 6.07) is 22.1. The molecule has 7 nitrogen and oxygen atoms in total. The molecule has 0 amide bonds. The van der Waals surface area contributed by atoms with Crippen molar-refractivity contribution in [2.24, 2.45) is 11.0 Å². The summed E-state index contributed by atoms with van der Waals surface area (Å²) in [7, 11) is 1.87. The van der Waals surface area contributed by atoms with E-state index in [4.69, 9.17) is 14.6 Å². The lowest BCUT2D eigenvalue weighted by atomic mass is 9.90. The lowest BCUT2D eigenvalue weighted by molar-refractivity contribution is -0.139. The first kappa shape index (κ1) is 21.2. The molecule has 3 aromatic rings. The summed E-state index contributed by atoms with van der Waals surface area (Å²) >= 11 is 0. The summed E-state index contributed by atoms with van der Waals surface area (Å²) in [6.45, 7) is -0.182. The Morgan fingerprint density at radius 3 is 2.56 bits per heavy atom. The number of ketones is 1. The third-order valence-corrected chi connectivity index (χ3v) is 4.96. The van der Waals surface area contributed by atoms with Crippen molar-refractivity contribution < 1.29 is 24.2 Å². The van der Waals surface area contributed by atoms with Crippen molar-refractivity contribution in [2.45, 2.75) is 0 Å². The van der Waals surface area contributed by atoms with Crippen LogP contribution < -0.4 is 19.9 Å². The molecule has 160 valence electrons. The first-order chi connectivity index (χ1) is 15.5. The molecule has 0 saturated heterocycles. The van der Waals surface area contributed by atoms with Crippen molar-refractivity contribution in [2.75, 3.05) is 18.2 Å². The minimum absolute atomic E-state index is 0.179. The maximum absolute atomic E-state index is 13.2. The maximum Gasteiger partial charge on any atom is 0.341 e. The minimum Gasteiger partial charge on any atom is -0.481 e. The zero-order valence-corrected chi connectivity index (χ0v) is 17.5. The molecule has 0 saturated carbocycles. The molecule has 1 atom stereocenters. The number of carbonyl (C=O) groups excluding carboxylic acids is 1. The zero-order valence-electron chi connectivity index (χ0n) is 17.5. The monoisotopic (exact) mass is 428 g/mol. The van der Waals surface area contributed by atoms with Crippen molar-refractivity contribution in [3.63, 3.8) is 0 Å². The molecular formula is C24H21BN2O5. The predicted octanol–water partition coefficient (Wildman–Crippen LogP) is 2.51. The van der Waals surface area contributed by atoms with E-state index in [0.29, 0.717) is 23.6 Å². The summed E-state index contributed by atoms with van der Waals surface area (Å²) in [6.07, 6.45) is 1.60. The van der Waals surface area contributed by atoms with Crippen LogP contribution in [0.1, 0.15) is 10.4 Å². The Bertz CT molecular complexity index is 1170. The van der Waals surface area contributed by atoms with Crippen molar-refractivity contribution in [3.8, 4) is 17.2 Å². The molecule has 1 N–H and O–H groups in total. The second-order valence-corrected chi connectivity index (χ2v) is 7.38. The fourth-order valence-electron chi connectivity index (χ4n) is 3.43. The highest BCUT2D eigenvalue weighted by atomic mass is 16.5. The van der Waals surface area contributed by atoms with Crippen LogP contribution in [0, 0.1) is 5.92 Å². The first-order valence-electron chi connectivity index (χ1n) is 10.1. The molecule has 8 heteroatoms. The number of carboxylic acid groups (broad SMARTS) is 1. The van der Waals surface area contributed by atoms with E-state index >= 15 is 0 Å². The number of anilines is 1. The second-order valence-electron chi connectivity index (χ2n) is 7.38. The highest BCUT2D eigenvalue weighted by Crippen LogP contribution is 2.34. The van der Waals surface area contributed by atoms with Gasteiger partial charge in [0.2, 0.25) is 0 Å². The zero-order chi connectivity index (χ0) is 22.5. The molecule has 0 aliphatic carbocycles. The van der Waals surface area contributed by atoms with Crippen LogP contribution >= 0.6 is 0 Å². The summed E-state index contributed by atoms with van der Waals surface area (Å²) < 4.78 is 11.3. The molecule has 3 aromatic carbocycles. The van der Waals surface area contributed by atoms with Gasteiger partial charge in [0.25, 0.3) is 0 Å². The van der Waals surface area contributed by atoms with E-state index in [1.165, 1.54) is 0 Å². The maximum atomic E-state index is 13.2. The van der Waals surface area contributed by atoms with Gasteiger partial charge in [-0.1, -0.05) is 47.9 Å². The number of carbonyl (C=O) groups is 2. The fourth-order valence-corrected chi connectivity index (χ4v) is 3.43. The average molecular weight is 428 g/mol. The summed E-state index contributed by atoms with van der Waals surface area (Å²) in [4.78, 5) is 24.1. The number of nitrogens with zero attached hydrogens (tertiary/aromatic N) is 2. The Morgan fingerprint density at radius 2 is 1.78 bits per heavy atom. The molecule has 0 radical (unpaired) electrons. The fraction of sp³-hybridized carbons (Fsp3) is 0.125. The molecule has 4 rings (SSSR count). The van der Waals surface area contributed by atoms with Gasteiger partial charge < -0.3 is 14.6 Å². The van der Waals surface area contributed by atoms with Gasteiger partial charge in [-0.2, -0.15) is 5.10 Å². The molecule has 1 aliphatic rings. The minimum atomic E-state index is -1.10. The summed E-state index contributed by atoms with van der Waals surface area (Å²) in [5, 5.41) is 15.1. The van der Waals surface area contributed by atoms with Gasteiger partial charge in [0.05, 0.1) is 18.0 Å². The largest absolute Gasteiger partial charge is 0.481 e. The molecule has 0 fully saturated rings. The number of rotatable bonds is 8. The number of carboxylic acids is 1. The standard InChI is InChI=1S/C24H21BN2O5/c25-17-10-11-21(31-15-23(28)29)19(12-17)24(30)16-13-26-27(14-16)20-8-4-5-9-22(20)32-18-6-2-1-3-7-18/h1-13,16H,14-15,25H2,(H,28,29). The third kappa shape index (κ3) is 4.80. The molecule has 1 heterocycles. The van der Waals surface area contributed by atoms with Crippen LogP contribution in [0.15, 0.2) is 77.9 Å². The van der Waals surface area contributed by atoms with Crippen LogP contribution in [0.25, 0.3) is 0 Å². The van der Waals surface area contributed by atoms with Crippen LogP contribution in [0.3, 0.4) is 0 Å². The van der Waals surface area contributed by atoms with E-state index in [2.05, 4.69) is 5.10 Å². The summed E-state index contributed by atoms with van der Waals surface area (Å²) in [5.74, 6) is -0.202. The number of benzene rings is 3. The Kier molecular flexibility index (Phi) is 6.21. The van der Waals surface area contributed by atoms with Gasteiger partial charge in [-0.15, -0.1) is 0 Å². The topological polar surface area (TPSA) is 88.4 Å². The number of Topliss-reactive ketones (excluding diaryl/α,β-unsaturated/α-hetero) is 1. The smallest absolute Gasteiger partial charge is 0.341 e. The SMILES string of the molecule is Bc1ccc(OCC(=O)O)c(C(=O)C2C=NN(c3ccccc3Oc3ccccc3)C2)c1. The van der Waals surface area contributed by atoms with E-state index in [-0.39, 0.29) is 11.5 Å². The van der Waals surface area contributed by atoms with Crippen LogP contribution in [-0.2, 0) is 4.79 Å². The third-order valence-electron chi connectivity index (χ3n) is 4.96. The Balaban J connectivity index is 1.53. The molecule has 0 bridgehead atoms. The number of para-hydroxylation sites is 3. The average Bonchev–Trinajstić information content (AvgIpc) is 3.29. The number of ether oxygens (including phenoxy) is 2. The van der Waals surface area contributed by atoms with Crippen LogP contribution in [0.5, 0.6) is 17.2 Å². The number of hydrogen-bond acceptors (Lipinski definition) is 6. The van der Waals surface area contributed by atoms with E-state index in [1.807, 2.05) is 62.4 Å². The lowest BCUT2D eigenvalue weighted by Gasteiger charge is -2.19. The van der Waals surface area contributed by atoms with Gasteiger partial charge >= 0.3 is 5.97 Å². The molecule has 0 aromatic heterocycles. The predicted molar refractivity (Wildman–Crippen MR) is 124 cm³/mol. The van der Waals surface area contributed by atoms with E-state index in [1.54, 1.807) is 29.4 Å². The van der Waals surface area contributed by atoms with Gasteiger partial charge in [0, 0.05) is 6.21 Å². The van der Waals surface area contributed by atoms with Crippen LogP contribution in [0.4, 0.5) is 5.69 Å². The molecule has 1 aliphatic heterocycles. The van der Waals surface area contributed by atoms with E-state index in [0.717, 1.165) is 11.2 Å². The van der Waals surface area contributed by atoms with Gasteiger partial charge in [-0.05, 0) is 30.3 Å². The normalized spacial score (nSPS) is 14.9. The van der Waals surface area contributed by atoms with Gasteiger partial charge in [0.15, 0.2) is 18.1 Å².